The van der Waals surface area contributed by atoms with Crippen molar-refractivity contribution in [3.05, 3.63) is 0 Å². The van der Waals surface area contributed by atoms with Crippen LogP contribution in [-0.4, -0.2) is 37.0 Å². The van der Waals surface area contributed by atoms with E-state index in [4.69, 9.17) is 9.84 Å². The molecule has 16 heavy (non-hydrogen) atoms. The van der Waals surface area contributed by atoms with Gasteiger partial charge in [0.1, 0.15) is 0 Å². The molecule has 0 saturated carbocycles. The molecule has 0 aromatic heterocycles. The van der Waals surface area contributed by atoms with Gasteiger partial charge in [0.25, 0.3) is 0 Å². The van der Waals surface area contributed by atoms with Gasteiger partial charge >= 0.3 is 0 Å². The maximum Gasteiger partial charge on any atom is 0.0704 e. The average molecular weight is 226 g/mol. The third-order valence-corrected chi connectivity index (χ3v) is 3.15. The molecule has 1 heterocycles. The second kappa shape index (κ2) is 7.66. The minimum atomic E-state index is 0.506. The van der Waals surface area contributed by atoms with Gasteiger partial charge in [0.05, 0.1) is 12.6 Å². The first-order valence-corrected chi connectivity index (χ1v) is 6.57. The SMILES string of the molecule is CCCCCC(C)=NN1CCCC1COC. The van der Waals surface area contributed by atoms with Gasteiger partial charge in [-0.25, -0.2) is 0 Å². The smallest absolute Gasteiger partial charge is 0.0704 e. The highest BCUT2D eigenvalue weighted by Gasteiger charge is 2.22. The lowest BCUT2D eigenvalue weighted by atomic mass is 10.1. The molecule has 0 bridgehead atoms. The van der Waals surface area contributed by atoms with E-state index in [1.165, 1.54) is 37.8 Å². The monoisotopic (exact) mass is 226 g/mol. The number of nitrogens with zero attached hydrogens (tertiary/aromatic N) is 2. The average Bonchev–Trinajstić information content (AvgIpc) is 2.67. The Balaban J connectivity index is 2.34. The van der Waals surface area contributed by atoms with Crippen molar-refractivity contribution in [1.82, 2.24) is 5.01 Å². The van der Waals surface area contributed by atoms with Gasteiger partial charge in [-0.1, -0.05) is 19.8 Å². The van der Waals surface area contributed by atoms with Crippen molar-refractivity contribution in [2.45, 2.75) is 58.4 Å². The molecule has 3 heteroatoms. The van der Waals surface area contributed by atoms with Gasteiger partial charge in [0, 0.05) is 19.4 Å². The van der Waals surface area contributed by atoms with Gasteiger partial charge in [-0.2, -0.15) is 5.10 Å². The second-order valence-electron chi connectivity index (χ2n) is 4.71. The number of unbranched alkanes of at least 4 members (excludes halogenated alkanes) is 2. The van der Waals surface area contributed by atoms with E-state index in [-0.39, 0.29) is 0 Å². The maximum absolute atomic E-state index is 5.23. The first-order chi connectivity index (χ1) is 7.77. The number of hydrazone groups is 1. The predicted molar refractivity (Wildman–Crippen MR) is 68.9 cm³/mol. The molecule has 1 saturated heterocycles. The molecule has 1 fully saturated rings. The standard InChI is InChI=1S/C13H26N2O/c1-4-5-6-8-12(2)14-15-10-7-9-13(15)11-16-3/h13H,4-11H2,1-3H3. The lowest BCUT2D eigenvalue weighted by molar-refractivity contribution is 0.117. The lowest BCUT2D eigenvalue weighted by Gasteiger charge is -2.21. The van der Waals surface area contributed by atoms with Crippen LogP contribution in [0.3, 0.4) is 0 Å². The first kappa shape index (κ1) is 13.5. The quantitative estimate of drug-likeness (QED) is 0.492. The summed E-state index contributed by atoms with van der Waals surface area (Å²) in [5.41, 5.74) is 1.27. The molecule has 0 aromatic rings. The Kier molecular flexibility index (Phi) is 6.46. The Morgan fingerprint density at radius 3 is 2.94 bits per heavy atom. The molecule has 1 aliphatic heterocycles. The predicted octanol–water partition coefficient (Wildman–Crippen LogP) is 3.05. The Labute approximate surface area is 99.9 Å². The molecular formula is C13H26N2O. The zero-order valence-electron chi connectivity index (χ0n) is 11.0. The summed E-state index contributed by atoms with van der Waals surface area (Å²) >= 11 is 0. The van der Waals surface area contributed by atoms with Gasteiger partial charge in [0.2, 0.25) is 0 Å². The van der Waals surface area contributed by atoms with Crippen LogP contribution in [0.15, 0.2) is 5.10 Å². The molecular weight excluding hydrogens is 200 g/mol. The van der Waals surface area contributed by atoms with Gasteiger partial charge in [-0.05, 0) is 32.6 Å². The van der Waals surface area contributed by atoms with E-state index in [9.17, 15) is 0 Å². The van der Waals surface area contributed by atoms with E-state index in [0.717, 1.165) is 19.6 Å². The molecule has 0 spiro atoms. The third-order valence-electron chi connectivity index (χ3n) is 3.15. The van der Waals surface area contributed by atoms with Crippen LogP contribution in [0.1, 0.15) is 52.4 Å². The molecule has 1 rings (SSSR count). The summed E-state index contributed by atoms with van der Waals surface area (Å²) < 4.78 is 5.23. The molecule has 3 nitrogen and oxygen atoms in total. The molecule has 0 aliphatic carbocycles. The maximum atomic E-state index is 5.23. The van der Waals surface area contributed by atoms with Crippen molar-refractivity contribution in [2.24, 2.45) is 5.10 Å². The van der Waals surface area contributed by atoms with E-state index in [1.807, 2.05) is 0 Å². The molecule has 1 unspecified atom stereocenters. The minimum Gasteiger partial charge on any atom is -0.382 e. The van der Waals surface area contributed by atoms with Gasteiger partial charge in [-0.3, -0.25) is 5.01 Å². The van der Waals surface area contributed by atoms with Crippen LogP contribution < -0.4 is 0 Å². The van der Waals surface area contributed by atoms with Gasteiger partial charge in [0.15, 0.2) is 0 Å². The zero-order chi connectivity index (χ0) is 11.8. The van der Waals surface area contributed by atoms with Crippen LogP contribution in [0.5, 0.6) is 0 Å². The van der Waals surface area contributed by atoms with E-state index >= 15 is 0 Å². The molecule has 0 amide bonds. The molecule has 1 aliphatic rings. The summed E-state index contributed by atoms with van der Waals surface area (Å²) in [6.07, 6.45) is 7.48. The highest BCUT2D eigenvalue weighted by Crippen LogP contribution is 2.18. The Morgan fingerprint density at radius 1 is 1.44 bits per heavy atom. The molecule has 94 valence electrons. The van der Waals surface area contributed by atoms with Crippen LogP contribution in [0.2, 0.25) is 0 Å². The fourth-order valence-electron chi connectivity index (χ4n) is 2.21. The minimum absolute atomic E-state index is 0.506. The fraction of sp³-hybridized carbons (Fsp3) is 0.923. The van der Waals surface area contributed by atoms with Crippen molar-refractivity contribution < 1.29 is 4.74 Å². The summed E-state index contributed by atoms with van der Waals surface area (Å²) in [5.74, 6) is 0. The van der Waals surface area contributed by atoms with Crippen molar-refractivity contribution in [2.75, 3.05) is 20.3 Å². The van der Waals surface area contributed by atoms with Crippen LogP contribution in [0.4, 0.5) is 0 Å². The van der Waals surface area contributed by atoms with Gasteiger partial charge in [-0.15, -0.1) is 0 Å². The Bertz CT molecular complexity index is 216. The summed E-state index contributed by atoms with van der Waals surface area (Å²) in [7, 11) is 1.77. The molecule has 0 N–H and O–H groups in total. The highest BCUT2D eigenvalue weighted by molar-refractivity contribution is 5.81. The van der Waals surface area contributed by atoms with Crippen LogP contribution in [0.25, 0.3) is 0 Å². The zero-order valence-corrected chi connectivity index (χ0v) is 11.0. The molecule has 0 radical (unpaired) electrons. The number of ether oxygens (including phenoxy) is 1. The Hall–Kier alpha value is -0.570. The summed E-state index contributed by atoms with van der Waals surface area (Å²) in [5, 5.41) is 6.94. The summed E-state index contributed by atoms with van der Waals surface area (Å²) in [6, 6.07) is 0.506. The van der Waals surface area contributed by atoms with E-state index in [2.05, 4.69) is 18.9 Å². The first-order valence-electron chi connectivity index (χ1n) is 6.57. The lowest BCUT2D eigenvalue weighted by Crippen LogP contribution is -2.29. The topological polar surface area (TPSA) is 24.8 Å². The summed E-state index contributed by atoms with van der Waals surface area (Å²) in [6.45, 7) is 6.30. The highest BCUT2D eigenvalue weighted by atomic mass is 16.5. The van der Waals surface area contributed by atoms with Crippen LogP contribution in [0, 0.1) is 0 Å². The molecule has 1 atom stereocenters. The van der Waals surface area contributed by atoms with Gasteiger partial charge < -0.3 is 4.74 Å². The molecule has 0 aromatic carbocycles. The fourth-order valence-corrected chi connectivity index (χ4v) is 2.21. The Morgan fingerprint density at radius 2 is 2.25 bits per heavy atom. The number of methoxy groups -OCH3 is 1. The third kappa shape index (κ3) is 4.52. The van der Waals surface area contributed by atoms with E-state index in [1.54, 1.807) is 7.11 Å². The van der Waals surface area contributed by atoms with Crippen LogP contribution in [-0.2, 0) is 4.74 Å². The number of hydrogen-bond acceptors (Lipinski definition) is 3. The van der Waals surface area contributed by atoms with E-state index in [0.29, 0.717) is 6.04 Å². The summed E-state index contributed by atoms with van der Waals surface area (Å²) in [4.78, 5) is 0. The number of hydrogen-bond donors (Lipinski definition) is 0. The van der Waals surface area contributed by atoms with Crippen LogP contribution >= 0.6 is 0 Å². The second-order valence-corrected chi connectivity index (χ2v) is 4.71. The largest absolute Gasteiger partial charge is 0.382 e. The number of rotatable bonds is 7. The van der Waals surface area contributed by atoms with Crippen molar-refractivity contribution in [3.8, 4) is 0 Å². The van der Waals surface area contributed by atoms with Crippen molar-refractivity contribution >= 4 is 5.71 Å². The van der Waals surface area contributed by atoms with E-state index < -0.39 is 0 Å². The van der Waals surface area contributed by atoms with Crippen molar-refractivity contribution in [1.29, 1.82) is 0 Å². The normalized spacial score (nSPS) is 21.8. The van der Waals surface area contributed by atoms with Crippen molar-refractivity contribution in [3.63, 3.8) is 0 Å².